The van der Waals surface area contributed by atoms with E-state index >= 15 is 0 Å². The molecule has 7 heteroatoms. The van der Waals surface area contributed by atoms with Gasteiger partial charge >= 0.3 is 0 Å². The van der Waals surface area contributed by atoms with Gasteiger partial charge in [-0.2, -0.15) is 0 Å². The Kier molecular flexibility index (Phi) is 4.47. The molecule has 3 aromatic carbocycles. The van der Waals surface area contributed by atoms with E-state index in [2.05, 4.69) is 10.2 Å². The van der Waals surface area contributed by atoms with Crippen molar-refractivity contribution < 1.29 is 9.59 Å². The van der Waals surface area contributed by atoms with Crippen molar-refractivity contribution in [1.82, 2.24) is 19.7 Å². The molecule has 3 heterocycles. The van der Waals surface area contributed by atoms with Crippen LogP contribution in [0.25, 0.3) is 5.69 Å². The highest BCUT2D eigenvalue weighted by Gasteiger charge is 2.35. The Bertz CT molecular complexity index is 1400. The number of carbonyl (C=O) groups excluding carboxylic acids is 2. The number of hydrogen-bond acceptors (Lipinski definition) is 5. The van der Waals surface area contributed by atoms with E-state index in [9.17, 15) is 9.59 Å². The second-order valence-electron chi connectivity index (χ2n) is 7.97. The predicted molar refractivity (Wildman–Crippen MR) is 123 cm³/mol. The maximum absolute atomic E-state index is 12.8. The molecule has 160 valence electrons. The Hall–Kier alpha value is -4.39. The molecule has 2 aliphatic heterocycles. The zero-order valence-corrected chi connectivity index (χ0v) is 17.7. The summed E-state index contributed by atoms with van der Waals surface area (Å²) in [6.07, 6.45) is 0.396. The van der Waals surface area contributed by atoms with Gasteiger partial charge in [-0.1, -0.05) is 60.7 Å². The number of amides is 2. The first kappa shape index (κ1) is 19.3. The second-order valence-corrected chi connectivity index (χ2v) is 7.97. The number of para-hydroxylation sites is 1. The lowest BCUT2D eigenvalue weighted by atomic mass is 10.0. The largest absolute Gasteiger partial charge is 0.281 e. The summed E-state index contributed by atoms with van der Waals surface area (Å²) in [5.74, 6) is 0.895. The maximum atomic E-state index is 12.8. The molecule has 0 aliphatic carbocycles. The van der Waals surface area contributed by atoms with Crippen molar-refractivity contribution in [2.45, 2.75) is 13.0 Å². The van der Waals surface area contributed by atoms with Crippen LogP contribution >= 0.6 is 0 Å². The van der Waals surface area contributed by atoms with Gasteiger partial charge in [0.15, 0.2) is 5.82 Å². The summed E-state index contributed by atoms with van der Waals surface area (Å²) in [5, 5.41) is 8.77. The van der Waals surface area contributed by atoms with Crippen molar-refractivity contribution in [3.05, 3.63) is 113 Å². The van der Waals surface area contributed by atoms with E-state index < -0.39 is 0 Å². The molecule has 1 aromatic heterocycles. The fourth-order valence-electron chi connectivity index (χ4n) is 4.50. The minimum absolute atomic E-state index is 0.235. The van der Waals surface area contributed by atoms with Crippen LogP contribution in [-0.2, 0) is 13.0 Å². The van der Waals surface area contributed by atoms with Crippen molar-refractivity contribution in [2.24, 2.45) is 4.99 Å². The van der Waals surface area contributed by atoms with Crippen LogP contribution in [0.3, 0.4) is 0 Å². The van der Waals surface area contributed by atoms with E-state index in [-0.39, 0.29) is 18.4 Å². The van der Waals surface area contributed by atoms with E-state index in [1.165, 1.54) is 4.90 Å². The molecule has 0 unspecified atom stereocenters. The summed E-state index contributed by atoms with van der Waals surface area (Å²) >= 11 is 0. The Balaban J connectivity index is 1.34. The normalized spacial score (nSPS) is 14.4. The fourth-order valence-corrected chi connectivity index (χ4v) is 4.50. The zero-order chi connectivity index (χ0) is 22.4. The quantitative estimate of drug-likeness (QED) is 0.462. The van der Waals surface area contributed by atoms with Gasteiger partial charge < -0.3 is 0 Å². The smallest absolute Gasteiger partial charge is 0.261 e. The summed E-state index contributed by atoms with van der Waals surface area (Å²) in [6.45, 7) is 0.623. The fraction of sp³-hybridized carbons (Fsp3) is 0.115. The van der Waals surface area contributed by atoms with Crippen LogP contribution in [0, 0.1) is 0 Å². The first-order chi connectivity index (χ1) is 16.2. The minimum atomic E-state index is -0.263. The van der Waals surface area contributed by atoms with Crippen LogP contribution in [0.4, 0.5) is 0 Å². The van der Waals surface area contributed by atoms with Crippen molar-refractivity contribution >= 4 is 17.5 Å². The molecule has 0 N–H and O–H groups in total. The summed E-state index contributed by atoms with van der Waals surface area (Å²) in [6, 6.07) is 25.0. The molecule has 0 bridgehead atoms. The molecule has 4 aromatic rings. The highest BCUT2D eigenvalue weighted by molar-refractivity contribution is 6.21. The molecule has 0 spiro atoms. The molecule has 7 nitrogen and oxygen atoms in total. The van der Waals surface area contributed by atoms with Crippen LogP contribution in [-0.4, -0.2) is 43.7 Å². The average molecular weight is 433 g/mol. The van der Waals surface area contributed by atoms with Crippen LogP contribution in [0.2, 0.25) is 0 Å². The Morgan fingerprint density at radius 3 is 2.09 bits per heavy atom. The van der Waals surface area contributed by atoms with Crippen molar-refractivity contribution in [3.8, 4) is 5.69 Å². The summed E-state index contributed by atoms with van der Waals surface area (Å²) < 4.78 is 2.01. The lowest BCUT2D eigenvalue weighted by Crippen LogP contribution is -2.32. The molecule has 0 fully saturated rings. The number of nitrogens with zero attached hydrogens (tertiary/aromatic N) is 5. The van der Waals surface area contributed by atoms with Crippen molar-refractivity contribution in [1.29, 1.82) is 0 Å². The average Bonchev–Trinajstić information content (AvgIpc) is 3.31. The van der Waals surface area contributed by atoms with E-state index in [4.69, 9.17) is 4.99 Å². The Morgan fingerprint density at radius 2 is 1.36 bits per heavy atom. The molecular formula is C26H19N5O2. The van der Waals surface area contributed by atoms with Crippen LogP contribution < -0.4 is 0 Å². The summed E-state index contributed by atoms with van der Waals surface area (Å²) in [5.41, 5.74) is 4.78. The standard InChI is InChI=1S/C26H19N5O2/c32-25-18-10-4-5-11-19(18)26(33)30(25)15-14-22-28-29-23-16-27-24(17-8-2-1-3-9-17)20-12-6-7-13-21(20)31(22)23/h1-13H,14-16H2. The highest BCUT2D eigenvalue weighted by atomic mass is 16.2. The molecule has 0 saturated heterocycles. The third-order valence-electron chi connectivity index (χ3n) is 6.06. The molecule has 0 radical (unpaired) electrons. The molecule has 0 saturated carbocycles. The molecular weight excluding hydrogens is 414 g/mol. The first-order valence-electron chi connectivity index (χ1n) is 10.8. The third-order valence-corrected chi connectivity index (χ3v) is 6.06. The van der Waals surface area contributed by atoms with E-state index in [1.54, 1.807) is 24.3 Å². The van der Waals surface area contributed by atoms with E-state index in [0.717, 1.165) is 28.4 Å². The molecule has 6 rings (SSSR count). The third kappa shape index (κ3) is 3.09. The Morgan fingerprint density at radius 1 is 0.727 bits per heavy atom. The van der Waals surface area contributed by atoms with Crippen molar-refractivity contribution in [2.75, 3.05) is 6.54 Å². The van der Waals surface area contributed by atoms with Gasteiger partial charge in [0.2, 0.25) is 0 Å². The van der Waals surface area contributed by atoms with Crippen molar-refractivity contribution in [3.63, 3.8) is 0 Å². The van der Waals surface area contributed by atoms with E-state index in [1.807, 2.05) is 59.2 Å². The summed E-state index contributed by atoms with van der Waals surface area (Å²) in [7, 11) is 0. The topological polar surface area (TPSA) is 80.5 Å². The van der Waals surface area contributed by atoms with E-state index in [0.29, 0.717) is 29.9 Å². The molecule has 0 atom stereocenters. The van der Waals surface area contributed by atoms with Gasteiger partial charge in [0.25, 0.3) is 11.8 Å². The van der Waals surface area contributed by atoms with Crippen LogP contribution in [0.5, 0.6) is 0 Å². The number of aliphatic imine (C=N–C) groups is 1. The number of rotatable bonds is 4. The van der Waals surface area contributed by atoms with Gasteiger partial charge in [-0.3, -0.25) is 24.0 Å². The predicted octanol–water partition coefficient (Wildman–Crippen LogP) is 3.46. The SMILES string of the molecule is O=C1c2ccccc2C(=O)N1CCc1nnc2n1-c1ccccc1C(c1ccccc1)=NC2. The van der Waals surface area contributed by atoms with Gasteiger partial charge in [0, 0.05) is 24.1 Å². The number of carbonyl (C=O) groups is 2. The molecule has 33 heavy (non-hydrogen) atoms. The van der Waals surface area contributed by atoms with Gasteiger partial charge in [0.1, 0.15) is 12.4 Å². The zero-order valence-electron chi connectivity index (χ0n) is 17.7. The van der Waals surface area contributed by atoms with Gasteiger partial charge in [0.05, 0.1) is 22.5 Å². The second kappa shape index (κ2) is 7.63. The monoisotopic (exact) mass is 433 g/mol. The summed E-state index contributed by atoms with van der Waals surface area (Å²) in [4.78, 5) is 31.7. The Labute approximate surface area is 190 Å². The van der Waals surface area contributed by atoms with Crippen LogP contribution in [0.15, 0.2) is 83.9 Å². The number of aromatic nitrogens is 3. The lowest BCUT2D eigenvalue weighted by molar-refractivity contribution is 0.0655. The maximum Gasteiger partial charge on any atom is 0.261 e. The van der Waals surface area contributed by atoms with Gasteiger partial charge in [-0.05, 0) is 18.2 Å². The number of benzene rings is 3. The minimum Gasteiger partial charge on any atom is -0.281 e. The van der Waals surface area contributed by atoms with Gasteiger partial charge in [-0.15, -0.1) is 10.2 Å². The number of fused-ring (bicyclic) bond motifs is 4. The highest BCUT2D eigenvalue weighted by Crippen LogP contribution is 2.27. The number of hydrogen-bond donors (Lipinski definition) is 0. The molecule has 2 amide bonds. The number of imide groups is 1. The molecule has 2 aliphatic rings. The lowest BCUT2D eigenvalue weighted by Gasteiger charge is -2.16. The first-order valence-corrected chi connectivity index (χ1v) is 10.8. The van der Waals surface area contributed by atoms with Gasteiger partial charge in [-0.25, -0.2) is 0 Å². The van der Waals surface area contributed by atoms with Crippen LogP contribution in [0.1, 0.15) is 43.5 Å².